The number of carbonyl (C=O) groups excluding carboxylic acids is 1. The van der Waals surface area contributed by atoms with E-state index in [-0.39, 0.29) is 12.3 Å². The maximum atomic E-state index is 11.8. The SMILES string of the molecule is C/C(=N/NC(=O)Cc1nc(C)cs1)c1ccc(N(C)C)cc1. The van der Waals surface area contributed by atoms with E-state index in [2.05, 4.69) is 15.5 Å². The van der Waals surface area contributed by atoms with Gasteiger partial charge in [-0.1, -0.05) is 12.1 Å². The molecule has 0 saturated carbocycles. The highest BCUT2D eigenvalue weighted by molar-refractivity contribution is 7.09. The number of nitrogens with one attached hydrogen (secondary N) is 1. The molecule has 5 nitrogen and oxygen atoms in total. The second-order valence-corrected chi connectivity index (χ2v) is 6.18. The minimum atomic E-state index is -0.154. The predicted molar refractivity (Wildman–Crippen MR) is 91.7 cm³/mol. The van der Waals surface area contributed by atoms with Crippen molar-refractivity contribution in [1.29, 1.82) is 0 Å². The third kappa shape index (κ3) is 4.39. The van der Waals surface area contributed by atoms with E-state index in [4.69, 9.17) is 0 Å². The molecule has 2 rings (SSSR count). The van der Waals surface area contributed by atoms with Gasteiger partial charge in [-0.2, -0.15) is 5.10 Å². The molecule has 0 fully saturated rings. The molecule has 1 N–H and O–H groups in total. The normalized spacial score (nSPS) is 11.4. The Bertz CT molecular complexity index is 674. The molecule has 0 radical (unpaired) electrons. The predicted octanol–water partition coefficient (Wildman–Crippen LogP) is 2.60. The lowest BCUT2D eigenvalue weighted by molar-refractivity contribution is -0.120. The largest absolute Gasteiger partial charge is 0.378 e. The topological polar surface area (TPSA) is 57.6 Å². The van der Waals surface area contributed by atoms with Crippen molar-refractivity contribution in [2.45, 2.75) is 20.3 Å². The van der Waals surface area contributed by atoms with Gasteiger partial charge in [0.25, 0.3) is 0 Å². The van der Waals surface area contributed by atoms with Gasteiger partial charge in [-0.15, -0.1) is 11.3 Å². The summed E-state index contributed by atoms with van der Waals surface area (Å²) in [4.78, 5) is 18.1. The fourth-order valence-electron chi connectivity index (χ4n) is 1.87. The maximum Gasteiger partial charge on any atom is 0.246 e. The van der Waals surface area contributed by atoms with Gasteiger partial charge in [0.1, 0.15) is 5.01 Å². The molecule has 0 atom stereocenters. The lowest BCUT2D eigenvalue weighted by Crippen LogP contribution is -2.21. The molecule has 1 aromatic carbocycles. The number of carbonyl (C=O) groups is 1. The van der Waals surface area contributed by atoms with Crippen molar-refractivity contribution < 1.29 is 4.79 Å². The van der Waals surface area contributed by atoms with E-state index in [9.17, 15) is 4.79 Å². The molecule has 1 heterocycles. The van der Waals surface area contributed by atoms with Crippen LogP contribution < -0.4 is 10.3 Å². The zero-order valence-electron chi connectivity index (χ0n) is 13.3. The average molecular weight is 316 g/mol. The quantitative estimate of drug-likeness (QED) is 0.681. The van der Waals surface area contributed by atoms with Gasteiger partial charge in [0.05, 0.1) is 12.1 Å². The molecule has 1 amide bonds. The Hall–Kier alpha value is -2.21. The monoisotopic (exact) mass is 316 g/mol. The molecule has 1 aromatic heterocycles. The van der Waals surface area contributed by atoms with E-state index in [1.807, 2.05) is 62.5 Å². The Balaban J connectivity index is 1.95. The fraction of sp³-hybridized carbons (Fsp3) is 0.312. The molecular weight excluding hydrogens is 296 g/mol. The number of thiazole rings is 1. The average Bonchev–Trinajstić information content (AvgIpc) is 2.90. The number of hydrogen-bond acceptors (Lipinski definition) is 5. The molecule has 6 heteroatoms. The lowest BCUT2D eigenvalue weighted by atomic mass is 10.1. The lowest BCUT2D eigenvalue weighted by Gasteiger charge is -2.12. The summed E-state index contributed by atoms with van der Waals surface area (Å²) in [6, 6.07) is 8.03. The molecule has 0 unspecified atom stereocenters. The van der Waals surface area contributed by atoms with Gasteiger partial charge in [-0.25, -0.2) is 10.4 Å². The number of nitrogens with zero attached hydrogens (tertiary/aromatic N) is 3. The Morgan fingerprint density at radius 2 is 2.00 bits per heavy atom. The van der Waals surface area contributed by atoms with E-state index in [1.54, 1.807) is 0 Å². The molecular formula is C16H20N4OS. The number of rotatable bonds is 5. The summed E-state index contributed by atoms with van der Waals surface area (Å²) in [5.74, 6) is -0.154. The summed E-state index contributed by atoms with van der Waals surface area (Å²) in [5, 5.41) is 6.89. The second-order valence-electron chi connectivity index (χ2n) is 5.23. The maximum absolute atomic E-state index is 11.8. The van der Waals surface area contributed by atoms with Crippen molar-refractivity contribution in [3.63, 3.8) is 0 Å². The smallest absolute Gasteiger partial charge is 0.246 e. The van der Waals surface area contributed by atoms with Gasteiger partial charge in [-0.05, 0) is 31.5 Å². The molecule has 0 aliphatic rings. The van der Waals surface area contributed by atoms with Gasteiger partial charge in [-0.3, -0.25) is 4.79 Å². The highest BCUT2D eigenvalue weighted by atomic mass is 32.1. The first-order chi connectivity index (χ1) is 10.5. The van der Waals surface area contributed by atoms with Crippen LogP contribution in [-0.2, 0) is 11.2 Å². The van der Waals surface area contributed by atoms with Crippen molar-refractivity contribution >= 4 is 28.6 Å². The Labute approximate surface area is 134 Å². The van der Waals surface area contributed by atoms with Crippen LogP contribution in [0.2, 0.25) is 0 Å². The molecule has 0 spiro atoms. The summed E-state index contributed by atoms with van der Waals surface area (Å²) in [6.07, 6.45) is 0.259. The number of anilines is 1. The van der Waals surface area contributed by atoms with Gasteiger partial charge >= 0.3 is 0 Å². The number of hydrazone groups is 1. The van der Waals surface area contributed by atoms with Gasteiger partial charge < -0.3 is 4.90 Å². The molecule has 0 bridgehead atoms. The van der Waals surface area contributed by atoms with E-state index < -0.39 is 0 Å². The number of aromatic nitrogens is 1. The first kappa shape index (κ1) is 16.2. The van der Waals surface area contributed by atoms with Crippen molar-refractivity contribution in [2.24, 2.45) is 5.10 Å². The second kappa shape index (κ2) is 7.17. The van der Waals surface area contributed by atoms with E-state index in [0.29, 0.717) is 0 Å². The van der Waals surface area contributed by atoms with E-state index >= 15 is 0 Å². The van der Waals surface area contributed by atoms with Gasteiger partial charge in [0, 0.05) is 30.9 Å². The van der Waals surface area contributed by atoms with Gasteiger partial charge in [0.15, 0.2) is 0 Å². The van der Waals surface area contributed by atoms with Crippen LogP contribution in [0.15, 0.2) is 34.7 Å². The minimum Gasteiger partial charge on any atom is -0.378 e. The molecule has 0 saturated heterocycles. The molecule has 0 aliphatic heterocycles. The van der Waals surface area contributed by atoms with Gasteiger partial charge in [0.2, 0.25) is 5.91 Å². The van der Waals surface area contributed by atoms with Crippen LogP contribution in [0.5, 0.6) is 0 Å². The van der Waals surface area contributed by atoms with Crippen LogP contribution in [0.1, 0.15) is 23.2 Å². The van der Waals surface area contributed by atoms with E-state index in [0.717, 1.165) is 27.7 Å². The number of amides is 1. The summed E-state index contributed by atoms with van der Waals surface area (Å²) >= 11 is 1.49. The van der Waals surface area contributed by atoms with Crippen LogP contribution in [0, 0.1) is 6.92 Å². The Morgan fingerprint density at radius 3 is 2.55 bits per heavy atom. The van der Waals surface area contributed by atoms with Crippen LogP contribution in [0.3, 0.4) is 0 Å². The zero-order valence-corrected chi connectivity index (χ0v) is 14.1. The van der Waals surface area contributed by atoms with Crippen LogP contribution in [0.4, 0.5) is 5.69 Å². The number of hydrogen-bond donors (Lipinski definition) is 1. The third-order valence-electron chi connectivity index (χ3n) is 3.13. The van der Waals surface area contributed by atoms with Crippen LogP contribution in [0.25, 0.3) is 0 Å². The molecule has 22 heavy (non-hydrogen) atoms. The highest BCUT2D eigenvalue weighted by Gasteiger charge is 2.06. The van der Waals surface area contributed by atoms with Crippen molar-refractivity contribution in [3.05, 3.63) is 45.9 Å². The molecule has 2 aromatic rings. The van der Waals surface area contributed by atoms with Crippen LogP contribution in [-0.4, -0.2) is 30.7 Å². The first-order valence-corrected chi connectivity index (χ1v) is 7.85. The fourth-order valence-corrected chi connectivity index (χ4v) is 2.64. The summed E-state index contributed by atoms with van der Waals surface area (Å²) in [5.41, 5.74) is 6.40. The Morgan fingerprint density at radius 1 is 1.32 bits per heavy atom. The standard InChI is InChI=1S/C16H20N4OS/c1-11-10-22-16(17-11)9-15(21)19-18-12(2)13-5-7-14(8-6-13)20(3)4/h5-8,10H,9H2,1-4H3,(H,19,21)/b18-12-. The molecule has 116 valence electrons. The van der Waals surface area contributed by atoms with Crippen molar-refractivity contribution in [1.82, 2.24) is 10.4 Å². The van der Waals surface area contributed by atoms with Crippen molar-refractivity contribution in [2.75, 3.05) is 19.0 Å². The minimum absolute atomic E-state index is 0.154. The number of benzene rings is 1. The zero-order chi connectivity index (χ0) is 16.1. The summed E-state index contributed by atoms with van der Waals surface area (Å²) < 4.78 is 0. The molecule has 0 aliphatic carbocycles. The number of aryl methyl sites for hydroxylation is 1. The van der Waals surface area contributed by atoms with E-state index in [1.165, 1.54) is 11.3 Å². The third-order valence-corrected chi connectivity index (χ3v) is 4.09. The first-order valence-electron chi connectivity index (χ1n) is 6.97. The van der Waals surface area contributed by atoms with Crippen LogP contribution >= 0.6 is 11.3 Å². The Kier molecular flexibility index (Phi) is 5.27. The van der Waals surface area contributed by atoms with Crippen molar-refractivity contribution in [3.8, 4) is 0 Å². The highest BCUT2D eigenvalue weighted by Crippen LogP contribution is 2.13. The summed E-state index contributed by atoms with van der Waals surface area (Å²) in [6.45, 7) is 3.79. The summed E-state index contributed by atoms with van der Waals surface area (Å²) in [7, 11) is 3.99.